The Morgan fingerprint density at radius 3 is 2.43 bits per heavy atom. The number of hydrazone groups is 1. The number of aromatic nitrogens is 1. The van der Waals surface area contributed by atoms with E-state index in [0.717, 1.165) is 24.1 Å². The smallest absolute Gasteiger partial charge is 0.239 e. The van der Waals surface area contributed by atoms with Crippen molar-refractivity contribution >= 4 is 21.6 Å². The number of rotatable bonds is 5. The minimum atomic E-state index is -3.76. The number of halogens is 1. The summed E-state index contributed by atoms with van der Waals surface area (Å²) < 4.78 is 35.4. The Morgan fingerprint density at radius 1 is 1.22 bits per heavy atom. The number of nitrogens with two attached hydrogens (primary N) is 1. The molecular formula is C15H15FN4O2S. The van der Waals surface area contributed by atoms with Crippen LogP contribution in [-0.2, 0) is 10.0 Å². The summed E-state index contributed by atoms with van der Waals surface area (Å²) in [6, 6.07) is 9.00. The van der Waals surface area contributed by atoms with E-state index in [0.29, 0.717) is 11.7 Å². The van der Waals surface area contributed by atoms with Crippen LogP contribution >= 0.6 is 0 Å². The molecule has 1 fully saturated rings. The second-order valence-corrected chi connectivity index (χ2v) is 6.88. The lowest BCUT2D eigenvalue weighted by atomic mass is 10.1. The molecule has 1 heterocycles. The number of nitrogens with zero attached hydrogens (tertiary/aromatic N) is 2. The highest BCUT2D eigenvalue weighted by Crippen LogP contribution is 2.33. The minimum absolute atomic E-state index is 0.0621. The molecule has 2 aromatic rings. The second-order valence-electron chi connectivity index (χ2n) is 5.31. The number of hydrogen-bond acceptors (Lipinski definition) is 5. The van der Waals surface area contributed by atoms with Gasteiger partial charge in [-0.3, -0.25) is 5.43 Å². The number of hydrogen-bond donors (Lipinski definition) is 2. The maximum atomic E-state index is 13.0. The van der Waals surface area contributed by atoms with Crippen molar-refractivity contribution in [1.82, 2.24) is 4.98 Å². The van der Waals surface area contributed by atoms with Gasteiger partial charge in [-0.15, -0.1) is 0 Å². The maximum absolute atomic E-state index is 13.0. The molecule has 23 heavy (non-hydrogen) atoms. The van der Waals surface area contributed by atoms with Gasteiger partial charge in [0.25, 0.3) is 0 Å². The van der Waals surface area contributed by atoms with E-state index in [1.807, 2.05) is 0 Å². The van der Waals surface area contributed by atoms with Crippen LogP contribution in [0.5, 0.6) is 0 Å². The number of sulfonamides is 1. The average Bonchev–Trinajstić information content (AvgIpc) is 3.34. The normalized spacial score (nSPS) is 15.5. The Balaban J connectivity index is 1.80. The summed E-state index contributed by atoms with van der Waals surface area (Å²) in [5.74, 6) is 0.450. The summed E-state index contributed by atoms with van der Waals surface area (Å²) in [6.07, 6.45) is 3.24. The topological polar surface area (TPSA) is 97.4 Å². The van der Waals surface area contributed by atoms with Crippen molar-refractivity contribution in [2.75, 3.05) is 5.43 Å². The Labute approximate surface area is 133 Å². The molecule has 1 aliphatic carbocycles. The summed E-state index contributed by atoms with van der Waals surface area (Å²) in [5.41, 5.74) is 4.49. The van der Waals surface area contributed by atoms with Crippen molar-refractivity contribution in [1.29, 1.82) is 0 Å². The minimum Gasteiger partial charge on any atom is -0.261 e. The monoisotopic (exact) mass is 334 g/mol. The van der Waals surface area contributed by atoms with Crippen LogP contribution in [0.1, 0.15) is 18.4 Å². The van der Waals surface area contributed by atoms with E-state index in [9.17, 15) is 12.8 Å². The number of nitrogens with one attached hydrogen (secondary N) is 1. The van der Waals surface area contributed by atoms with Crippen LogP contribution in [0.25, 0.3) is 0 Å². The first-order valence-corrected chi connectivity index (χ1v) is 8.56. The van der Waals surface area contributed by atoms with E-state index in [2.05, 4.69) is 15.5 Å². The van der Waals surface area contributed by atoms with Gasteiger partial charge in [-0.25, -0.2) is 22.9 Å². The zero-order valence-corrected chi connectivity index (χ0v) is 12.9. The fourth-order valence-electron chi connectivity index (χ4n) is 2.10. The largest absolute Gasteiger partial charge is 0.261 e. The molecule has 0 radical (unpaired) electrons. The van der Waals surface area contributed by atoms with E-state index in [4.69, 9.17) is 5.14 Å². The van der Waals surface area contributed by atoms with Crippen LogP contribution in [0.4, 0.5) is 10.2 Å². The standard InChI is InChI=1S/C15H15FN4O2S/c16-12-5-3-11(4-6-12)15(10-1-2-10)20-19-14-8-7-13(9-18-14)23(17,21)22/h3-10H,1-2H2,(H,18,19)(H2,17,21,22). The van der Waals surface area contributed by atoms with E-state index in [1.54, 1.807) is 12.1 Å². The average molecular weight is 334 g/mol. The lowest BCUT2D eigenvalue weighted by molar-refractivity contribution is 0.597. The van der Waals surface area contributed by atoms with Crippen LogP contribution in [0.2, 0.25) is 0 Å². The van der Waals surface area contributed by atoms with Crippen molar-refractivity contribution in [3.05, 3.63) is 54.0 Å². The first-order chi connectivity index (χ1) is 10.9. The van der Waals surface area contributed by atoms with Crippen molar-refractivity contribution in [3.8, 4) is 0 Å². The quantitative estimate of drug-likeness (QED) is 0.646. The summed E-state index contributed by atoms with van der Waals surface area (Å²) >= 11 is 0. The van der Waals surface area contributed by atoms with Gasteiger partial charge in [0.05, 0.1) is 5.71 Å². The highest BCUT2D eigenvalue weighted by Gasteiger charge is 2.28. The molecule has 0 bridgehead atoms. The van der Waals surface area contributed by atoms with Crippen molar-refractivity contribution < 1.29 is 12.8 Å². The third-order valence-corrected chi connectivity index (χ3v) is 4.36. The summed E-state index contributed by atoms with van der Waals surface area (Å²) in [6.45, 7) is 0. The van der Waals surface area contributed by atoms with E-state index < -0.39 is 10.0 Å². The molecule has 1 aromatic heterocycles. The molecule has 3 N–H and O–H groups in total. The molecule has 8 heteroatoms. The predicted octanol–water partition coefficient (Wildman–Crippen LogP) is 2.09. The zero-order chi connectivity index (χ0) is 16.4. The molecule has 0 spiro atoms. The van der Waals surface area contributed by atoms with Gasteiger partial charge < -0.3 is 0 Å². The summed E-state index contributed by atoms with van der Waals surface area (Å²) in [5, 5.41) is 9.37. The molecule has 0 unspecified atom stereocenters. The first kappa shape index (κ1) is 15.6. The van der Waals surface area contributed by atoms with Crippen LogP contribution in [0.3, 0.4) is 0 Å². The molecule has 120 valence electrons. The van der Waals surface area contributed by atoms with Crippen LogP contribution in [0.15, 0.2) is 52.6 Å². The molecule has 0 saturated heterocycles. The van der Waals surface area contributed by atoms with Crippen molar-refractivity contribution in [3.63, 3.8) is 0 Å². The van der Waals surface area contributed by atoms with Crippen molar-refractivity contribution in [2.45, 2.75) is 17.7 Å². The Morgan fingerprint density at radius 2 is 1.91 bits per heavy atom. The van der Waals surface area contributed by atoms with E-state index in [1.165, 1.54) is 30.5 Å². The summed E-state index contributed by atoms with van der Waals surface area (Å²) in [4.78, 5) is 3.91. The predicted molar refractivity (Wildman–Crippen MR) is 84.9 cm³/mol. The number of primary sulfonamides is 1. The highest BCUT2D eigenvalue weighted by atomic mass is 32.2. The molecule has 1 saturated carbocycles. The molecular weight excluding hydrogens is 319 g/mol. The third kappa shape index (κ3) is 3.91. The highest BCUT2D eigenvalue weighted by molar-refractivity contribution is 7.89. The molecule has 1 aromatic carbocycles. The van der Waals surface area contributed by atoms with Gasteiger partial charge in [-0.2, -0.15) is 5.10 Å². The molecule has 0 atom stereocenters. The number of pyridine rings is 1. The lowest BCUT2D eigenvalue weighted by Gasteiger charge is -2.07. The lowest BCUT2D eigenvalue weighted by Crippen LogP contribution is -2.12. The number of anilines is 1. The molecule has 0 amide bonds. The van der Waals surface area contributed by atoms with E-state index >= 15 is 0 Å². The molecule has 3 rings (SSSR count). The van der Waals surface area contributed by atoms with Gasteiger partial charge in [-0.1, -0.05) is 12.1 Å². The van der Waals surface area contributed by atoms with Crippen molar-refractivity contribution in [2.24, 2.45) is 16.2 Å². The number of benzene rings is 1. The Bertz CT molecular complexity index is 829. The maximum Gasteiger partial charge on any atom is 0.239 e. The fraction of sp³-hybridized carbons (Fsp3) is 0.200. The van der Waals surface area contributed by atoms with Crippen LogP contribution in [0, 0.1) is 11.7 Å². The molecule has 1 aliphatic rings. The first-order valence-electron chi connectivity index (χ1n) is 7.02. The molecule has 6 nitrogen and oxygen atoms in total. The van der Waals surface area contributed by atoms with Gasteiger partial charge in [0.1, 0.15) is 16.5 Å². The Kier molecular flexibility index (Phi) is 4.10. The summed E-state index contributed by atoms with van der Waals surface area (Å²) in [7, 11) is -3.76. The van der Waals surface area contributed by atoms with Crippen LogP contribution < -0.4 is 10.6 Å². The van der Waals surface area contributed by atoms with Gasteiger partial charge in [0.2, 0.25) is 10.0 Å². The second kappa shape index (κ2) is 6.05. The van der Waals surface area contributed by atoms with Gasteiger partial charge in [0.15, 0.2) is 0 Å². The zero-order valence-electron chi connectivity index (χ0n) is 12.1. The SMILES string of the molecule is NS(=O)(=O)c1ccc(NN=C(c2ccc(F)cc2)C2CC2)nc1. The fourth-order valence-corrected chi connectivity index (χ4v) is 2.56. The van der Waals surface area contributed by atoms with Gasteiger partial charge in [0, 0.05) is 12.1 Å². The molecule has 0 aliphatic heterocycles. The van der Waals surface area contributed by atoms with Crippen LogP contribution in [-0.4, -0.2) is 19.1 Å². The Hall–Kier alpha value is -2.32. The van der Waals surface area contributed by atoms with Gasteiger partial charge in [-0.05, 0) is 42.7 Å². The van der Waals surface area contributed by atoms with E-state index in [-0.39, 0.29) is 10.7 Å². The third-order valence-electron chi connectivity index (χ3n) is 3.46. The van der Waals surface area contributed by atoms with Gasteiger partial charge >= 0.3 is 0 Å².